The summed E-state index contributed by atoms with van der Waals surface area (Å²) in [5, 5.41) is 8.84. The number of hydrogen-bond acceptors (Lipinski definition) is 3. The molecule has 1 fully saturated rings. The maximum atomic E-state index is 12.2. The molecule has 2 amide bonds. The van der Waals surface area contributed by atoms with Crippen molar-refractivity contribution in [3.63, 3.8) is 0 Å². The second-order valence-corrected chi connectivity index (χ2v) is 5.24. The average molecular weight is 270 g/mol. The second-order valence-electron chi connectivity index (χ2n) is 5.24. The molecule has 1 rings (SSSR count). The van der Waals surface area contributed by atoms with Crippen LogP contribution in [0.15, 0.2) is 0 Å². The average Bonchev–Trinajstić information content (AvgIpc) is 2.37. The van der Waals surface area contributed by atoms with Crippen molar-refractivity contribution in [3.8, 4) is 0 Å². The summed E-state index contributed by atoms with van der Waals surface area (Å²) in [5.74, 6) is -1.53. The third kappa shape index (κ3) is 4.22. The molecule has 1 N–H and O–H groups in total. The molecule has 1 aliphatic heterocycles. The fraction of sp³-hybridized carbons (Fsp3) is 0.769. The number of carbonyl (C=O) groups is 3. The van der Waals surface area contributed by atoms with Gasteiger partial charge in [-0.15, -0.1) is 0 Å². The molecular formula is C13H22N2O4. The van der Waals surface area contributed by atoms with Crippen LogP contribution in [0, 0.1) is 11.8 Å². The van der Waals surface area contributed by atoms with E-state index in [0.29, 0.717) is 25.9 Å². The first-order chi connectivity index (χ1) is 8.82. The van der Waals surface area contributed by atoms with E-state index in [9.17, 15) is 14.4 Å². The molecule has 19 heavy (non-hydrogen) atoms. The molecule has 6 nitrogen and oxygen atoms in total. The van der Waals surface area contributed by atoms with E-state index < -0.39 is 11.9 Å². The van der Waals surface area contributed by atoms with Crippen LogP contribution in [0.5, 0.6) is 0 Å². The van der Waals surface area contributed by atoms with Crippen molar-refractivity contribution in [2.75, 3.05) is 26.7 Å². The Kier molecular flexibility index (Phi) is 5.32. The van der Waals surface area contributed by atoms with E-state index in [1.807, 2.05) is 0 Å². The Balaban J connectivity index is 2.46. The van der Waals surface area contributed by atoms with Crippen LogP contribution in [0.25, 0.3) is 0 Å². The Morgan fingerprint density at radius 3 is 2.26 bits per heavy atom. The zero-order chi connectivity index (χ0) is 14.6. The zero-order valence-corrected chi connectivity index (χ0v) is 11.8. The number of carboxylic acid groups (broad SMARTS) is 1. The number of carbonyl (C=O) groups excluding carboxylic acids is 2. The SMILES string of the molecule is CC(=O)N1CCC(C(=O)N(C)CC(C)C(=O)O)CC1. The third-order valence-corrected chi connectivity index (χ3v) is 3.64. The molecule has 0 saturated carbocycles. The van der Waals surface area contributed by atoms with Crippen LogP contribution in [0.2, 0.25) is 0 Å². The van der Waals surface area contributed by atoms with Gasteiger partial charge in [-0.25, -0.2) is 0 Å². The Bertz CT molecular complexity index is 362. The van der Waals surface area contributed by atoms with Gasteiger partial charge in [-0.2, -0.15) is 0 Å². The maximum absolute atomic E-state index is 12.2. The first kappa shape index (κ1) is 15.5. The van der Waals surface area contributed by atoms with E-state index in [2.05, 4.69) is 0 Å². The van der Waals surface area contributed by atoms with E-state index in [4.69, 9.17) is 5.11 Å². The Morgan fingerprint density at radius 1 is 1.32 bits per heavy atom. The topological polar surface area (TPSA) is 77.9 Å². The standard InChI is InChI=1S/C13H22N2O4/c1-9(13(18)19)8-14(3)12(17)11-4-6-15(7-5-11)10(2)16/h9,11H,4-8H2,1-3H3,(H,18,19). The highest BCUT2D eigenvalue weighted by Crippen LogP contribution is 2.19. The fourth-order valence-electron chi connectivity index (χ4n) is 2.33. The molecule has 108 valence electrons. The van der Waals surface area contributed by atoms with Gasteiger partial charge in [0.2, 0.25) is 11.8 Å². The van der Waals surface area contributed by atoms with Gasteiger partial charge in [0.15, 0.2) is 0 Å². The normalized spacial score (nSPS) is 17.9. The number of rotatable bonds is 4. The molecule has 0 aromatic carbocycles. The minimum atomic E-state index is -0.897. The van der Waals surface area contributed by atoms with E-state index >= 15 is 0 Å². The van der Waals surface area contributed by atoms with E-state index in [0.717, 1.165) is 0 Å². The zero-order valence-electron chi connectivity index (χ0n) is 11.8. The second kappa shape index (κ2) is 6.54. The highest BCUT2D eigenvalue weighted by Gasteiger charge is 2.29. The Hall–Kier alpha value is -1.59. The van der Waals surface area contributed by atoms with Gasteiger partial charge < -0.3 is 14.9 Å². The summed E-state index contributed by atoms with van der Waals surface area (Å²) in [4.78, 5) is 37.4. The van der Waals surface area contributed by atoms with Gasteiger partial charge in [-0.1, -0.05) is 6.92 Å². The van der Waals surface area contributed by atoms with Gasteiger partial charge >= 0.3 is 5.97 Å². The smallest absolute Gasteiger partial charge is 0.308 e. The van der Waals surface area contributed by atoms with Crippen LogP contribution in [-0.4, -0.2) is 59.4 Å². The van der Waals surface area contributed by atoms with Crippen molar-refractivity contribution in [1.82, 2.24) is 9.80 Å². The number of amides is 2. The largest absolute Gasteiger partial charge is 0.481 e. The molecule has 0 radical (unpaired) electrons. The molecule has 1 heterocycles. The van der Waals surface area contributed by atoms with Crippen LogP contribution in [-0.2, 0) is 14.4 Å². The van der Waals surface area contributed by atoms with Gasteiger partial charge in [0.1, 0.15) is 0 Å². The first-order valence-corrected chi connectivity index (χ1v) is 6.56. The van der Waals surface area contributed by atoms with Crippen molar-refractivity contribution < 1.29 is 19.5 Å². The van der Waals surface area contributed by atoms with Gasteiger partial charge in [-0.05, 0) is 12.8 Å². The van der Waals surface area contributed by atoms with Crippen LogP contribution < -0.4 is 0 Å². The summed E-state index contributed by atoms with van der Waals surface area (Å²) < 4.78 is 0. The van der Waals surface area contributed by atoms with Crippen molar-refractivity contribution >= 4 is 17.8 Å². The predicted molar refractivity (Wildman–Crippen MR) is 69.4 cm³/mol. The molecule has 1 aliphatic rings. The first-order valence-electron chi connectivity index (χ1n) is 6.56. The number of piperidine rings is 1. The Morgan fingerprint density at radius 2 is 1.84 bits per heavy atom. The molecular weight excluding hydrogens is 248 g/mol. The van der Waals surface area contributed by atoms with Crippen molar-refractivity contribution in [1.29, 1.82) is 0 Å². The molecule has 0 aromatic heterocycles. The maximum Gasteiger partial charge on any atom is 0.308 e. The summed E-state index contributed by atoms with van der Waals surface area (Å²) in [6, 6.07) is 0. The van der Waals surface area contributed by atoms with Crippen LogP contribution in [0.1, 0.15) is 26.7 Å². The van der Waals surface area contributed by atoms with Gasteiger partial charge in [0.25, 0.3) is 0 Å². The summed E-state index contributed by atoms with van der Waals surface area (Å²) in [6.07, 6.45) is 1.31. The third-order valence-electron chi connectivity index (χ3n) is 3.64. The Labute approximate surface area is 113 Å². The van der Waals surface area contributed by atoms with Crippen molar-refractivity contribution in [3.05, 3.63) is 0 Å². The molecule has 6 heteroatoms. The summed E-state index contributed by atoms with van der Waals surface area (Å²) >= 11 is 0. The highest BCUT2D eigenvalue weighted by atomic mass is 16.4. The van der Waals surface area contributed by atoms with Gasteiger partial charge in [0.05, 0.1) is 5.92 Å². The number of carboxylic acids is 1. The monoisotopic (exact) mass is 270 g/mol. The number of nitrogens with zero attached hydrogens (tertiary/aromatic N) is 2. The molecule has 1 unspecified atom stereocenters. The van der Waals surface area contributed by atoms with Gasteiger partial charge in [0, 0.05) is 39.5 Å². The number of likely N-dealkylation sites (tertiary alicyclic amines) is 1. The molecule has 1 saturated heterocycles. The van der Waals surface area contributed by atoms with Crippen LogP contribution in [0.4, 0.5) is 0 Å². The van der Waals surface area contributed by atoms with Crippen LogP contribution >= 0.6 is 0 Å². The summed E-state index contributed by atoms with van der Waals surface area (Å²) in [6.45, 7) is 4.55. The highest BCUT2D eigenvalue weighted by molar-refractivity contribution is 5.80. The minimum Gasteiger partial charge on any atom is -0.481 e. The van der Waals surface area contributed by atoms with Crippen LogP contribution in [0.3, 0.4) is 0 Å². The lowest BCUT2D eigenvalue weighted by Crippen LogP contribution is -2.44. The quantitative estimate of drug-likeness (QED) is 0.803. The molecule has 0 bridgehead atoms. The molecule has 0 aromatic rings. The molecule has 0 spiro atoms. The lowest BCUT2D eigenvalue weighted by Gasteiger charge is -2.33. The molecule has 1 atom stereocenters. The summed E-state index contributed by atoms with van der Waals surface area (Å²) in [5.41, 5.74) is 0. The van der Waals surface area contributed by atoms with E-state index in [1.54, 1.807) is 18.9 Å². The minimum absolute atomic E-state index is 0.0173. The summed E-state index contributed by atoms with van der Waals surface area (Å²) in [7, 11) is 1.64. The number of aliphatic carboxylic acids is 1. The molecule has 0 aliphatic carbocycles. The van der Waals surface area contributed by atoms with Crippen molar-refractivity contribution in [2.24, 2.45) is 11.8 Å². The van der Waals surface area contributed by atoms with Gasteiger partial charge in [-0.3, -0.25) is 14.4 Å². The fourth-order valence-corrected chi connectivity index (χ4v) is 2.33. The van der Waals surface area contributed by atoms with Crippen molar-refractivity contribution in [2.45, 2.75) is 26.7 Å². The van der Waals surface area contributed by atoms with E-state index in [1.165, 1.54) is 11.8 Å². The lowest BCUT2D eigenvalue weighted by molar-refractivity contribution is -0.144. The predicted octanol–water partition coefficient (Wildman–Crippen LogP) is 0.424. The number of hydrogen-bond donors (Lipinski definition) is 1. The van der Waals surface area contributed by atoms with E-state index in [-0.39, 0.29) is 24.3 Å². The lowest BCUT2D eigenvalue weighted by atomic mass is 9.95.